The topological polar surface area (TPSA) is 142 Å². The van der Waals surface area contributed by atoms with Gasteiger partial charge in [0.2, 0.25) is 5.91 Å². The minimum atomic E-state index is -1.61. The number of hydrogen-bond acceptors (Lipinski definition) is 7. The minimum Gasteiger partial charge on any atom is -0.464 e. The highest BCUT2D eigenvalue weighted by Gasteiger charge is 2.34. The third-order valence-electron chi connectivity index (χ3n) is 2.12. The monoisotopic (exact) mass is 250 g/mol. The fraction of sp³-hybridized carbons (Fsp3) is 0.778. The van der Waals surface area contributed by atoms with Crippen LogP contribution in [0.2, 0.25) is 0 Å². The quantitative estimate of drug-likeness (QED) is 0.235. The summed E-state index contributed by atoms with van der Waals surface area (Å²) in [6.07, 6.45) is 0. The van der Waals surface area contributed by atoms with E-state index >= 15 is 0 Å². The number of rotatable bonds is 7. The number of aliphatic hydroxyl groups excluding tert-OH is 3. The van der Waals surface area contributed by atoms with Crippen LogP contribution in [0.4, 0.5) is 0 Å². The third-order valence-corrected chi connectivity index (χ3v) is 2.12. The second kappa shape index (κ2) is 7.17. The summed E-state index contributed by atoms with van der Waals surface area (Å²) in [5.74, 6) is -1.87. The third kappa shape index (κ3) is 4.27. The Hall–Kier alpha value is -1.22. The number of nitrogens with two attached hydrogens (primary N) is 1. The predicted octanol–water partition coefficient (Wildman–Crippen LogP) is -3.29. The van der Waals surface area contributed by atoms with Crippen LogP contribution in [0.25, 0.3) is 0 Å². The highest BCUT2D eigenvalue weighted by atomic mass is 16.5. The first-order valence-corrected chi connectivity index (χ1v) is 5.03. The lowest BCUT2D eigenvalue weighted by Crippen LogP contribution is -2.61. The smallest absolute Gasteiger partial charge is 0.332 e. The Bertz CT molecular complexity index is 258. The summed E-state index contributed by atoms with van der Waals surface area (Å²) in [6.45, 7) is -0.448. The highest BCUT2D eigenvalue weighted by Crippen LogP contribution is 2.02. The number of carbonyl (C=O) groups excluding carboxylic acids is 2. The van der Waals surface area contributed by atoms with Crippen LogP contribution < -0.4 is 11.1 Å². The summed E-state index contributed by atoms with van der Waals surface area (Å²) in [4.78, 5) is 22.6. The molecule has 0 aromatic rings. The Kier molecular flexibility index (Phi) is 6.66. The molecule has 0 spiro atoms. The fourth-order valence-electron chi connectivity index (χ4n) is 0.947. The summed E-state index contributed by atoms with van der Waals surface area (Å²) in [7, 11) is 0. The van der Waals surface area contributed by atoms with Gasteiger partial charge in [0, 0.05) is 0 Å². The molecule has 8 nitrogen and oxygen atoms in total. The molecule has 0 heterocycles. The van der Waals surface area contributed by atoms with Crippen molar-refractivity contribution in [3.63, 3.8) is 0 Å². The molecule has 0 saturated carbocycles. The average molecular weight is 250 g/mol. The Balaban J connectivity index is 4.56. The van der Waals surface area contributed by atoms with Crippen molar-refractivity contribution < 1.29 is 29.6 Å². The molecule has 0 aromatic heterocycles. The number of ether oxygens (including phenoxy) is 1. The van der Waals surface area contributed by atoms with Crippen LogP contribution in [0, 0.1) is 0 Å². The molecule has 0 bridgehead atoms. The molecule has 0 rings (SSSR count). The first-order valence-electron chi connectivity index (χ1n) is 5.03. The van der Waals surface area contributed by atoms with Crippen molar-refractivity contribution in [1.29, 1.82) is 0 Å². The van der Waals surface area contributed by atoms with Gasteiger partial charge in [0.05, 0.1) is 26.4 Å². The second-order valence-electron chi connectivity index (χ2n) is 3.47. The largest absolute Gasteiger partial charge is 0.464 e. The van der Waals surface area contributed by atoms with E-state index in [1.807, 2.05) is 0 Å². The molecular weight excluding hydrogens is 232 g/mol. The molecule has 0 radical (unpaired) electrons. The molecule has 8 heteroatoms. The SMILES string of the molecule is CCOC(=O)C(N)C(=O)NC(CO)(CO)CO. The predicted molar refractivity (Wildman–Crippen MR) is 56.7 cm³/mol. The van der Waals surface area contributed by atoms with E-state index in [0.717, 1.165) is 0 Å². The molecule has 0 fully saturated rings. The van der Waals surface area contributed by atoms with Gasteiger partial charge in [-0.05, 0) is 6.92 Å². The molecule has 1 atom stereocenters. The van der Waals surface area contributed by atoms with E-state index in [1.165, 1.54) is 0 Å². The summed E-state index contributed by atoms with van der Waals surface area (Å²) >= 11 is 0. The van der Waals surface area contributed by atoms with Crippen LogP contribution >= 0.6 is 0 Å². The van der Waals surface area contributed by atoms with Crippen LogP contribution in [0.15, 0.2) is 0 Å². The van der Waals surface area contributed by atoms with Gasteiger partial charge >= 0.3 is 5.97 Å². The normalized spacial score (nSPS) is 13.0. The highest BCUT2D eigenvalue weighted by molar-refractivity contribution is 6.01. The molecule has 6 N–H and O–H groups in total. The number of hydrogen-bond donors (Lipinski definition) is 5. The van der Waals surface area contributed by atoms with E-state index in [-0.39, 0.29) is 6.61 Å². The van der Waals surface area contributed by atoms with E-state index < -0.39 is 43.3 Å². The lowest BCUT2D eigenvalue weighted by Gasteiger charge is -2.29. The first kappa shape index (κ1) is 15.8. The zero-order valence-electron chi connectivity index (χ0n) is 9.55. The average Bonchev–Trinajstić information content (AvgIpc) is 2.35. The standard InChI is InChI=1S/C9H18N2O6/c1-2-17-8(16)6(10)7(15)11-9(3-12,4-13)5-14/h6,12-14H,2-5,10H2,1H3,(H,11,15). The molecule has 0 aliphatic heterocycles. The van der Waals surface area contributed by atoms with E-state index in [4.69, 9.17) is 21.1 Å². The zero-order valence-corrected chi connectivity index (χ0v) is 9.55. The lowest BCUT2D eigenvalue weighted by molar-refractivity contribution is -0.148. The Morgan fingerprint density at radius 2 is 1.76 bits per heavy atom. The van der Waals surface area contributed by atoms with Crippen LogP contribution in [0.3, 0.4) is 0 Å². The Morgan fingerprint density at radius 3 is 2.12 bits per heavy atom. The van der Waals surface area contributed by atoms with Crippen molar-refractivity contribution in [3.8, 4) is 0 Å². The van der Waals surface area contributed by atoms with Gasteiger partial charge in [0.25, 0.3) is 0 Å². The van der Waals surface area contributed by atoms with Crippen LogP contribution in [0.5, 0.6) is 0 Å². The van der Waals surface area contributed by atoms with Crippen molar-refractivity contribution in [3.05, 3.63) is 0 Å². The van der Waals surface area contributed by atoms with Gasteiger partial charge in [-0.3, -0.25) is 4.79 Å². The maximum Gasteiger partial charge on any atom is 0.332 e. The van der Waals surface area contributed by atoms with Crippen molar-refractivity contribution in [2.24, 2.45) is 5.73 Å². The van der Waals surface area contributed by atoms with E-state index in [0.29, 0.717) is 0 Å². The van der Waals surface area contributed by atoms with E-state index in [9.17, 15) is 9.59 Å². The van der Waals surface area contributed by atoms with Crippen LogP contribution in [0.1, 0.15) is 6.92 Å². The summed E-state index contributed by atoms with van der Waals surface area (Å²) in [5.41, 5.74) is 3.68. The van der Waals surface area contributed by atoms with Crippen molar-refractivity contribution in [2.75, 3.05) is 26.4 Å². The van der Waals surface area contributed by atoms with Gasteiger partial charge in [0.1, 0.15) is 5.54 Å². The summed E-state index contributed by atoms with van der Waals surface area (Å²) < 4.78 is 4.53. The Labute approximate surface area is 98.4 Å². The Morgan fingerprint density at radius 1 is 1.29 bits per heavy atom. The number of esters is 1. The summed E-state index contributed by atoms with van der Waals surface area (Å²) in [5, 5.41) is 29.0. The van der Waals surface area contributed by atoms with E-state index in [1.54, 1.807) is 6.92 Å². The molecule has 0 aliphatic carbocycles. The molecular formula is C9H18N2O6. The number of amides is 1. The van der Waals surface area contributed by atoms with Gasteiger partial charge in [0.15, 0.2) is 6.04 Å². The maximum atomic E-state index is 11.5. The molecule has 0 saturated heterocycles. The fourth-order valence-corrected chi connectivity index (χ4v) is 0.947. The molecule has 0 aliphatic rings. The van der Waals surface area contributed by atoms with Gasteiger partial charge < -0.3 is 31.1 Å². The second-order valence-corrected chi connectivity index (χ2v) is 3.47. The first-order chi connectivity index (χ1) is 7.96. The molecule has 1 amide bonds. The summed E-state index contributed by atoms with van der Waals surface area (Å²) in [6, 6.07) is -1.57. The van der Waals surface area contributed by atoms with Crippen LogP contribution in [-0.2, 0) is 14.3 Å². The van der Waals surface area contributed by atoms with Gasteiger partial charge in [-0.25, -0.2) is 4.79 Å². The molecule has 17 heavy (non-hydrogen) atoms. The van der Waals surface area contributed by atoms with Gasteiger partial charge in [-0.2, -0.15) is 0 Å². The molecule has 1 unspecified atom stereocenters. The van der Waals surface area contributed by atoms with Gasteiger partial charge in [-0.15, -0.1) is 0 Å². The lowest BCUT2D eigenvalue weighted by atomic mass is 10.0. The van der Waals surface area contributed by atoms with E-state index in [2.05, 4.69) is 10.1 Å². The zero-order chi connectivity index (χ0) is 13.5. The minimum absolute atomic E-state index is 0.0744. The van der Waals surface area contributed by atoms with Crippen molar-refractivity contribution >= 4 is 11.9 Å². The molecule has 100 valence electrons. The maximum absolute atomic E-state index is 11.5. The number of aliphatic hydroxyl groups is 3. The van der Waals surface area contributed by atoms with Crippen molar-refractivity contribution in [2.45, 2.75) is 18.5 Å². The number of nitrogens with one attached hydrogen (secondary N) is 1. The number of carbonyl (C=O) groups is 2. The van der Waals surface area contributed by atoms with Crippen LogP contribution in [-0.4, -0.2) is 65.2 Å². The molecule has 0 aromatic carbocycles. The van der Waals surface area contributed by atoms with Gasteiger partial charge in [-0.1, -0.05) is 0 Å². The van der Waals surface area contributed by atoms with Crippen molar-refractivity contribution in [1.82, 2.24) is 5.32 Å².